The summed E-state index contributed by atoms with van der Waals surface area (Å²) in [6.07, 6.45) is 2.43. The summed E-state index contributed by atoms with van der Waals surface area (Å²) in [5.74, 6) is -0.604. The van der Waals surface area contributed by atoms with Crippen molar-refractivity contribution in [2.24, 2.45) is 0 Å². The lowest BCUT2D eigenvalue weighted by Crippen LogP contribution is -2.43. The Kier molecular flexibility index (Phi) is 5.90. The number of nitrogens with zero attached hydrogens (tertiary/aromatic N) is 3. The van der Waals surface area contributed by atoms with E-state index in [1.54, 1.807) is 12.3 Å². The van der Waals surface area contributed by atoms with E-state index in [1.165, 1.54) is 4.68 Å². The predicted molar refractivity (Wildman–Crippen MR) is 124 cm³/mol. The molecule has 4 aliphatic rings. The Balaban J connectivity index is 1.45. The normalized spacial score (nSPS) is 23.9. The molecule has 12 heteroatoms. The van der Waals surface area contributed by atoms with E-state index < -0.39 is 23.3 Å². The Labute approximate surface area is 206 Å². The van der Waals surface area contributed by atoms with Crippen LogP contribution in [0.5, 0.6) is 0 Å². The zero-order valence-corrected chi connectivity index (χ0v) is 20.1. The Morgan fingerprint density at radius 3 is 2.50 bits per heavy atom. The van der Waals surface area contributed by atoms with E-state index in [0.29, 0.717) is 82.6 Å². The van der Waals surface area contributed by atoms with Gasteiger partial charge in [-0.1, -0.05) is 0 Å². The minimum Gasteiger partial charge on any atom is -0.381 e. The first kappa shape index (κ1) is 24.0. The van der Waals surface area contributed by atoms with Crippen LogP contribution in [0.15, 0.2) is 12.3 Å². The molecule has 36 heavy (non-hydrogen) atoms. The Morgan fingerprint density at radius 1 is 1.11 bits per heavy atom. The summed E-state index contributed by atoms with van der Waals surface area (Å²) in [5.41, 5.74) is 1.93. The van der Waals surface area contributed by atoms with E-state index >= 15 is 0 Å². The molecule has 6 rings (SSSR count). The molecule has 0 unspecified atom stereocenters. The maximum atomic E-state index is 14.5. The van der Waals surface area contributed by atoms with Gasteiger partial charge in [-0.2, -0.15) is 18.3 Å². The number of halogens is 3. The third kappa shape index (κ3) is 4.13. The average Bonchev–Trinajstić information content (AvgIpc) is 3.60. The molecule has 2 aromatic rings. The second-order valence-electron chi connectivity index (χ2n) is 9.87. The van der Waals surface area contributed by atoms with Crippen LogP contribution in [-0.4, -0.2) is 58.6 Å². The number of aryl methyl sites for hydroxylation is 1. The van der Waals surface area contributed by atoms with Crippen LogP contribution in [0.1, 0.15) is 56.7 Å². The molecular weight excluding hydrogens is 479 g/mol. The van der Waals surface area contributed by atoms with Gasteiger partial charge in [-0.25, -0.2) is 9.67 Å². The molecule has 0 atom stereocenters. The number of pyridine rings is 1. The summed E-state index contributed by atoms with van der Waals surface area (Å²) in [7, 11) is 0. The predicted octanol–water partition coefficient (Wildman–Crippen LogP) is 3.99. The maximum Gasteiger partial charge on any atom is 0.434 e. The van der Waals surface area contributed by atoms with Crippen LogP contribution < -0.4 is 10.8 Å². The van der Waals surface area contributed by atoms with Crippen molar-refractivity contribution >= 4 is 22.4 Å². The number of hydrogen-bond acceptors (Lipinski definition) is 8. The number of nitrogens with one attached hydrogen (secondary N) is 2. The molecule has 196 valence electrons. The van der Waals surface area contributed by atoms with E-state index in [4.69, 9.17) is 19.0 Å². The van der Waals surface area contributed by atoms with Gasteiger partial charge >= 0.3 is 6.18 Å². The van der Waals surface area contributed by atoms with E-state index in [9.17, 15) is 13.2 Å². The summed E-state index contributed by atoms with van der Waals surface area (Å²) in [5, 5.41) is 8.25. The SMILES string of the molecule is CCn1ncc2c(NC3CCOCC3)c(C3=CC4(CCC5(CC4)OCCO5)ON3)c(C(F)(F)F)nc21. The minimum atomic E-state index is -4.68. The first-order valence-corrected chi connectivity index (χ1v) is 12.6. The number of ether oxygens (including phenoxy) is 3. The van der Waals surface area contributed by atoms with Crippen molar-refractivity contribution in [3.8, 4) is 0 Å². The van der Waals surface area contributed by atoms with Crippen LogP contribution in [-0.2, 0) is 31.8 Å². The number of hydrogen-bond donors (Lipinski definition) is 2. The number of anilines is 1. The van der Waals surface area contributed by atoms with Crippen molar-refractivity contribution in [3.05, 3.63) is 23.5 Å². The highest BCUT2D eigenvalue weighted by molar-refractivity contribution is 5.97. The van der Waals surface area contributed by atoms with Gasteiger partial charge < -0.3 is 19.5 Å². The number of alkyl halides is 3. The fourth-order valence-corrected chi connectivity index (χ4v) is 5.67. The van der Waals surface area contributed by atoms with Gasteiger partial charge in [0.05, 0.1) is 41.7 Å². The number of aromatic nitrogens is 3. The molecule has 3 aliphatic heterocycles. The summed E-state index contributed by atoms with van der Waals surface area (Å²) in [6.45, 7) is 4.46. The molecule has 3 fully saturated rings. The zero-order valence-electron chi connectivity index (χ0n) is 20.1. The lowest BCUT2D eigenvalue weighted by molar-refractivity contribution is -0.205. The molecule has 2 saturated heterocycles. The summed E-state index contributed by atoms with van der Waals surface area (Å²) in [6, 6.07) is -0.0303. The maximum absolute atomic E-state index is 14.5. The zero-order chi connectivity index (χ0) is 25.0. The standard InChI is InChI=1S/C24H30F3N5O4/c1-2-32-21-16(14-28-32)19(29-15-3-9-33-10-4-15)18(20(30-21)24(25,26)27)17-13-22(36-31-17)5-7-23(8-6-22)34-11-12-35-23/h13-15,31H,2-12H2,1H3,(H,29,30). The fourth-order valence-electron chi connectivity index (χ4n) is 5.67. The van der Waals surface area contributed by atoms with Crippen molar-refractivity contribution in [1.82, 2.24) is 20.2 Å². The van der Waals surface area contributed by atoms with Crippen molar-refractivity contribution < 1.29 is 32.2 Å². The van der Waals surface area contributed by atoms with Crippen molar-refractivity contribution in [1.29, 1.82) is 0 Å². The van der Waals surface area contributed by atoms with Crippen molar-refractivity contribution in [2.45, 2.75) is 75.6 Å². The molecule has 2 aromatic heterocycles. The van der Waals surface area contributed by atoms with Crippen LogP contribution in [0.4, 0.5) is 18.9 Å². The number of fused-ring (bicyclic) bond motifs is 1. The molecular formula is C24H30F3N5O4. The smallest absolute Gasteiger partial charge is 0.381 e. The van der Waals surface area contributed by atoms with Gasteiger partial charge in [-0.3, -0.25) is 10.3 Å². The molecule has 9 nitrogen and oxygen atoms in total. The first-order valence-electron chi connectivity index (χ1n) is 12.6. The molecule has 1 aliphatic carbocycles. The van der Waals surface area contributed by atoms with Gasteiger partial charge in [-0.05, 0) is 38.7 Å². The average molecular weight is 510 g/mol. The Bertz CT molecular complexity index is 1160. The third-order valence-corrected chi connectivity index (χ3v) is 7.64. The summed E-state index contributed by atoms with van der Waals surface area (Å²) < 4.78 is 62.1. The van der Waals surface area contributed by atoms with Crippen LogP contribution in [0.2, 0.25) is 0 Å². The lowest BCUT2D eigenvalue weighted by atomic mass is 9.80. The van der Waals surface area contributed by atoms with Crippen LogP contribution >= 0.6 is 0 Å². The Hall–Kier alpha value is -2.41. The van der Waals surface area contributed by atoms with Crippen LogP contribution in [0.25, 0.3) is 16.7 Å². The van der Waals surface area contributed by atoms with Gasteiger partial charge in [0.15, 0.2) is 17.1 Å². The summed E-state index contributed by atoms with van der Waals surface area (Å²) in [4.78, 5) is 10.1. The molecule has 5 heterocycles. The highest BCUT2D eigenvalue weighted by Crippen LogP contribution is 2.48. The second-order valence-corrected chi connectivity index (χ2v) is 9.87. The molecule has 2 spiro atoms. The third-order valence-electron chi connectivity index (χ3n) is 7.64. The summed E-state index contributed by atoms with van der Waals surface area (Å²) >= 11 is 0. The molecule has 0 amide bonds. The van der Waals surface area contributed by atoms with Gasteiger partial charge in [0.2, 0.25) is 0 Å². The Morgan fingerprint density at radius 2 is 1.83 bits per heavy atom. The van der Waals surface area contributed by atoms with Gasteiger partial charge in [-0.15, -0.1) is 0 Å². The van der Waals surface area contributed by atoms with Gasteiger partial charge in [0.1, 0.15) is 5.60 Å². The lowest BCUT2D eigenvalue weighted by Gasteiger charge is -2.39. The van der Waals surface area contributed by atoms with Gasteiger partial charge in [0.25, 0.3) is 0 Å². The fraction of sp³-hybridized carbons (Fsp3) is 0.667. The van der Waals surface area contributed by atoms with E-state index in [-0.39, 0.29) is 22.9 Å². The van der Waals surface area contributed by atoms with Crippen LogP contribution in [0, 0.1) is 0 Å². The largest absolute Gasteiger partial charge is 0.434 e. The quantitative estimate of drug-likeness (QED) is 0.640. The molecule has 0 radical (unpaired) electrons. The first-order chi connectivity index (χ1) is 17.3. The topological polar surface area (TPSA) is 91.7 Å². The van der Waals surface area contributed by atoms with Gasteiger partial charge in [0, 0.05) is 38.6 Å². The van der Waals surface area contributed by atoms with Crippen molar-refractivity contribution in [2.75, 3.05) is 31.7 Å². The minimum absolute atomic E-state index is 0.0303. The van der Waals surface area contributed by atoms with Crippen LogP contribution in [0.3, 0.4) is 0 Å². The highest BCUT2D eigenvalue weighted by Gasteiger charge is 2.49. The monoisotopic (exact) mass is 509 g/mol. The highest BCUT2D eigenvalue weighted by atomic mass is 19.4. The second kappa shape index (κ2) is 8.86. The molecule has 0 aromatic carbocycles. The molecule has 1 saturated carbocycles. The molecule has 0 bridgehead atoms. The molecule has 2 N–H and O–H groups in total. The van der Waals surface area contributed by atoms with E-state index in [1.807, 2.05) is 6.92 Å². The van der Waals surface area contributed by atoms with Crippen molar-refractivity contribution in [3.63, 3.8) is 0 Å². The number of rotatable bonds is 4. The van der Waals surface area contributed by atoms with E-state index in [2.05, 4.69) is 20.9 Å². The van der Waals surface area contributed by atoms with E-state index in [0.717, 1.165) is 0 Å². The number of hydroxylamine groups is 1.